The number of halogens is 2. The number of piperidine rings is 1. The number of hydrogen-bond donors (Lipinski definition) is 2. The smallest absolute Gasteiger partial charge is 0.252 e. The summed E-state index contributed by atoms with van der Waals surface area (Å²) >= 11 is 6.28. The quantitative estimate of drug-likeness (QED) is 0.195. The Hall–Kier alpha value is -4.02. The molecule has 2 aromatic carbocycles. The number of anilines is 3. The predicted octanol–water partition coefficient (Wildman–Crippen LogP) is 8.00. The van der Waals surface area contributed by atoms with Gasteiger partial charge in [-0.2, -0.15) is 0 Å². The lowest BCUT2D eigenvalue weighted by Crippen LogP contribution is -2.64. The zero-order valence-corrected chi connectivity index (χ0v) is 29.9. The SMILES string of the molecule is CCNC(=O)c1cc(Nc2nc(-c3ccc4c(c3)N(C3CC(C)(N5CCCCC5)C3)C(=O)C4(C)C)cc3ncn(C(C)C)c23)c(F)cc1Cl. The number of carbonyl (C=O) groups is 2. The first-order valence-electron chi connectivity index (χ1n) is 17.5. The van der Waals surface area contributed by atoms with Gasteiger partial charge in [0.05, 0.1) is 39.2 Å². The van der Waals surface area contributed by atoms with Crippen LogP contribution in [-0.4, -0.2) is 62.5 Å². The summed E-state index contributed by atoms with van der Waals surface area (Å²) in [4.78, 5) is 41.1. The van der Waals surface area contributed by atoms with Crippen LogP contribution < -0.4 is 15.5 Å². The monoisotopic (exact) mass is 685 g/mol. The minimum Gasteiger partial charge on any atom is -0.352 e. The molecule has 1 aliphatic carbocycles. The maximum absolute atomic E-state index is 15.4. The highest BCUT2D eigenvalue weighted by Crippen LogP contribution is 2.50. The van der Waals surface area contributed by atoms with E-state index in [2.05, 4.69) is 28.5 Å². The molecule has 2 amide bonds. The van der Waals surface area contributed by atoms with E-state index >= 15 is 4.39 Å². The second-order valence-electron chi connectivity index (χ2n) is 14.9. The maximum atomic E-state index is 15.4. The van der Waals surface area contributed by atoms with Crippen LogP contribution in [0.1, 0.15) is 95.6 Å². The van der Waals surface area contributed by atoms with E-state index in [1.807, 2.05) is 62.3 Å². The highest BCUT2D eigenvalue weighted by Gasteiger charge is 2.54. The first kappa shape index (κ1) is 33.5. The fourth-order valence-electron chi connectivity index (χ4n) is 8.03. The van der Waals surface area contributed by atoms with E-state index in [1.165, 1.54) is 25.3 Å². The van der Waals surface area contributed by atoms with Crippen LogP contribution in [0.4, 0.5) is 21.6 Å². The molecule has 258 valence electrons. The van der Waals surface area contributed by atoms with Gasteiger partial charge in [-0.1, -0.05) is 30.2 Å². The molecule has 1 saturated carbocycles. The Morgan fingerprint density at radius 2 is 1.82 bits per heavy atom. The van der Waals surface area contributed by atoms with E-state index in [0.717, 1.165) is 48.8 Å². The topological polar surface area (TPSA) is 95.4 Å². The number of aromatic nitrogens is 3. The lowest BCUT2D eigenvalue weighted by Gasteiger charge is -2.55. The van der Waals surface area contributed by atoms with Gasteiger partial charge in [0.15, 0.2) is 5.82 Å². The number of imidazole rings is 1. The van der Waals surface area contributed by atoms with Gasteiger partial charge in [-0.05, 0) is 110 Å². The molecular weight excluding hydrogens is 641 g/mol. The van der Waals surface area contributed by atoms with Crippen LogP contribution in [0, 0.1) is 5.82 Å². The first-order chi connectivity index (χ1) is 23.3. The third-order valence-electron chi connectivity index (χ3n) is 10.8. The van der Waals surface area contributed by atoms with Crippen LogP contribution in [0.15, 0.2) is 42.7 Å². The van der Waals surface area contributed by atoms with Crippen molar-refractivity contribution < 1.29 is 14.0 Å². The summed E-state index contributed by atoms with van der Waals surface area (Å²) in [7, 11) is 0. The molecule has 2 aliphatic heterocycles. The van der Waals surface area contributed by atoms with Crippen molar-refractivity contribution in [2.45, 2.75) is 96.7 Å². The van der Waals surface area contributed by atoms with Gasteiger partial charge in [-0.25, -0.2) is 14.4 Å². The fourth-order valence-corrected chi connectivity index (χ4v) is 8.26. The van der Waals surface area contributed by atoms with Gasteiger partial charge in [-0.15, -0.1) is 0 Å². The van der Waals surface area contributed by atoms with E-state index in [9.17, 15) is 9.59 Å². The van der Waals surface area contributed by atoms with Crippen molar-refractivity contribution in [3.8, 4) is 11.3 Å². The maximum Gasteiger partial charge on any atom is 0.252 e. The van der Waals surface area contributed by atoms with Crippen molar-refractivity contribution in [1.29, 1.82) is 0 Å². The Morgan fingerprint density at radius 1 is 1.08 bits per heavy atom. The minimum absolute atomic E-state index is 0.0240. The van der Waals surface area contributed by atoms with Crippen molar-refractivity contribution in [3.63, 3.8) is 0 Å². The second kappa shape index (κ2) is 12.4. The average Bonchev–Trinajstić information content (AvgIpc) is 3.58. The van der Waals surface area contributed by atoms with E-state index in [4.69, 9.17) is 21.6 Å². The van der Waals surface area contributed by atoms with Gasteiger partial charge in [0.25, 0.3) is 5.91 Å². The van der Waals surface area contributed by atoms with Gasteiger partial charge in [-0.3, -0.25) is 14.5 Å². The highest BCUT2D eigenvalue weighted by atomic mass is 35.5. The summed E-state index contributed by atoms with van der Waals surface area (Å²) in [5.41, 5.74) is 4.51. The van der Waals surface area contributed by atoms with Crippen LogP contribution in [0.3, 0.4) is 0 Å². The molecule has 4 heterocycles. The molecule has 3 aliphatic rings. The molecule has 0 bridgehead atoms. The third kappa shape index (κ3) is 5.66. The normalized spacial score (nSPS) is 22.0. The Bertz CT molecular complexity index is 1960. The van der Waals surface area contributed by atoms with Crippen LogP contribution in [-0.2, 0) is 10.2 Å². The average molecular weight is 686 g/mol. The number of amides is 2. The van der Waals surface area contributed by atoms with Gasteiger partial charge in [0, 0.05) is 35.4 Å². The van der Waals surface area contributed by atoms with E-state index in [-0.39, 0.29) is 39.8 Å². The number of benzene rings is 2. The van der Waals surface area contributed by atoms with Crippen LogP contribution >= 0.6 is 11.6 Å². The first-order valence-corrected chi connectivity index (χ1v) is 17.9. The molecule has 9 nitrogen and oxygen atoms in total. The molecule has 2 aromatic heterocycles. The van der Waals surface area contributed by atoms with E-state index < -0.39 is 17.1 Å². The van der Waals surface area contributed by atoms with Gasteiger partial charge < -0.3 is 20.1 Å². The number of nitrogens with zero attached hydrogens (tertiary/aromatic N) is 5. The van der Waals surface area contributed by atoms with Crippen molar-refractivity contribution in [2.24, 2.45) is 0 Å². The number of rotatable bonds is 8. The number of fused-ring (bicyclic) bond motifs is 2. The van der Waals surface area contributed by atoms with Crippen molar-refractivity contribution >= 4 is 51.6 Å². The standard InChI is InChI=1S/C38H45ClFN7O2/c1-7-41-35(48)25-16-30(28(40)17-27(25)39)44-34-33-31(42-21-46(33)22(2)3)18-29(43-34)23-11-12-26-32(15-23)47(36(49)37(26,4)5)24-19-38(6,20-24)45-13-9-8-10-14-45/h11-12,15-18,21-22,24H,7-10,13-14,19-20H2,1-6H3,(H,41,48)(H,43,44). The van der Waals surface area contributed by atoms with Crippen LogP contribution in [0.2, 0.25) is 5.02 Å². The molecule has 7 rings (SSSR count). The highest BCUT2D eigenvalue weighted by molar-refractivity contribution is 6.34. The number of likely N-dealkylation sites (tertiary alicyclic amines) is 1. The van der Waals surface area contributed by atoms with Gasteiger partial charge >= 0.3 is 0 Å². The molecule has 4 aromatic rings. The summed E-state index contributed by atoms with van der Waals surface area (Å²) < 4.78 is 17.4. The van der Waals surface area contributed by atoms with Crippen LogP contribution in [0.25, 0.3) is 22.3 Å². The molecule has 1 saturated heterocycles. The molecule has 2 N–H and O–H groups in total. The summed E-state index contributed by atoms with van der Waals surface area (Å²) in [6.07, 6.45) is 7.44. The van der Waals surface area contributed by atoms with Crippen molar-refractivity contribution in [1.82, 2.24) is 24.8 Å². The molecule has 0 atom stereocenters. The zero-order valence-electron chi connectivity index (χ0n) is 29.2. The summed E-state index contributed by atoms with van der Waals surface area (Å²) in [6, 6.07) is 10.8. The zero-order chi connectivity index (χ0) is 34.8. The van der Waals surface area contributed by atoms with E-state index in [1.54, 1.807) is 6.33 Å². The molecule has 11 heteroatoms. The molecule has 0 radical (unpaired) electrons. The molecular formula is C38H45ClFN7O2. The van der Waals surface area contributed by atoms with Gasteiger partial charge in [0.1, 0.15) is 11.3 Å². The van der Waals surface area contributed by atoms with Crippen LogP contribution in [0.5, 0.6) is 0 Å². The molecule has 2 fully saturated rings. The fraction of sp³-hybridized carbons (Fsp3) is 0.474. The summed E-state index contributed by atoms with van der Waals surface area (Å²) in [5.74, 6) is -0.475. The van der Waals surface area contributed by atoms with Crippen molar-refractivity contribution in [3.05, 3.63) is 64.7 Å². The third-order valence-corrected chi connectivity index (χ3v) is 11.1. The second-order valence-corrected chi connectivity index (χ2v) is 15.3. The number of carbonyl (C=O) groups excluding carboxylic acids is 2. The number of pyridine rings is 1. The molecule has 0 unspecified atom stereocenters. The molecule has 0 spiro atoms. The lowest BCUT2D eigenvalue weighted by atomic mass is 9.71. The van der Waals surface area contributed by atoms with Crippen molar-refractivity contribution in [2.75, 3.05) is 29.9 Å². The Morgan fingerprint density at radius 3 is 2.51 bits per heavy atom. The number of nitrogens with one attached hydrogen (secondary N) is 2. The summed E-state index contributed by atoms with van der Waals surface area (Å²) in [6.45, 7) is 14.9. The van der Waals surface area contributed by atoms with E-state index in [0.29, 0.717) is 29.1 Å². The largest absolute Gasteiger partial charge is 0.352 e. The Kier molecular flexibility index (Phi) is 8.46. The predicted molar refractivity (Wildman–Crippen MR) is 193 cm³/mol. The minimum atomic E-state index is -0.640. The lowest BCUT2D eigenvalue weighted by molar-refractivity contribution is -0.123. The Labute approximate surface area is 292 Å². The van der Waals surface area contributed by atoms with Gasteiger partial charge in [0.2, 0.25) is 5.91 Å². The Balaban J connectivity index is 1.28. The summed E-state index contributed by atoms with van der Waals surface area (Å²) in [5, 5.41) is 5.93. The number of hydrogen-bond acceptors (Lipinski definition) is 6. The molecule has 49 heavy (non-hydrogen) atoms.